The smallest absolute Gasteiger partial charge is 0.237 e. The molecule has 0 atom stereocenters. The van der Waals surface area contributed by atoms with Crippen LogP contribution >= 0.6 is 11.9 Å². The molecular weight excluding hydrogens is 506 g/mol. The molecule has 2 aromatic carbocycles. The van der Waals surface area contributed by atoms with Gasteiger partial charge in [0.2, 0.25) is 11.8 Å². The molecule has 3 heterocycles. The Morgan fingerprint density at radius 2 is 1.85 bits per heavy atom. The highest BCUT2D eigenvalue weighted by molar-refractivity contribution is 8.00. The van der Waals surface area contributed by atoms with Gasteiger partial charge in [-0.25, -0.2) is 4.98 Å². The third-order valence-electron chi connectivity index (χ3n) is 7.56. The number of rotatable bonds is 9. The highest BCUT2D eigenvalue weighted by Crippen LogP contribution is 2.43. The molecule has 2 N–H and O–H groups in total. The summed E-state index contributed by atoms with van der Waals surface area (Å²) < 4.78 is 11.6. The average molecular weight is 542 g/mol. The molecule has 39 heavy (non-hydrogen) atoms. The lowest BCUT2D eigenvalue weighted by Crippen LogP contribution is -2.43. The number of hydrogen-bond acceptors (Lipinski definition) is 8. The highest BCUT2D eigenvalue weighted by Gasteiger charge is 2.25. The first-order valence-corrected chi connectivity index (χ1v) is 14.6. The van der Waals surface area contributed by atoms with Crippen molar-refractivity contribution in [1.82, 2.24) is 25.1 Å². The SMILES string of the molecule is CCc1c(Oc2ccc(N3CCNCC3)cc2)nc(NSc2cnn(C)c2)nc1-c1ccccc1C1CCC1. The highest BCUT2D eigenvalue weighted by atomic mass is 32.2. The molecule has 1 aliphatic carbocycles. The first kappa shape index (κ1) is 25.7. The normalized spacial score (nSPS) is 15.7. The third kappa shape index (κ3) is 5.74. The van der Waals surface area contributed by atoms with Crippen molar-refractivity contribution in [3.63, 3.8) is 0 Å². The quantitative estimate of drug-likeness (QED) is 0.249. The second-order valence-corrected chi connectivity index (χ2v) is 11.0. The third-order valence-corrected chi connectivity index (χ3v) is 8.29. The van der Waals surface area contributed by atoms with Crippen LogP contribution in [0.4, 0.5) is 11.6 Å². The van der Waals surface area contributed by atoms with Crippen LogP contribution < -0.4 is 19.7 Å². The average Bonchev–Trinajstić information content (AvgIpc) is 3.37. The summed E-state index contributed by atoms with van der Waals surface area (Å²) in [4.78, 5) is 13.3. The summed E-state index contributed by atoms with van der Waals surface area (Å²) in [6.45, 7) is 6.19. The standard InChI is InChI=1S/C30H35N7OS/c1-3-25-28(27-10-5-4-9-26(27)21-7-6-8-21)33-30(35-39-24-19-32-36(2)20-24)34-29(25)38-23-13-11-22(12-14-23)37-17-15-31-16-18-37/h4-5,9-14,19-21,31H,3,6-8,15-18H2,1-2H3,(H,33,34,35). The van der Waals surface area contributed by atoms with Crippen LogP contribution in [0.2, 0.25) is 0 Å². The Hall–Kier alpha value is -3.56. The molecule has 4 aromatic rings. The van der Waals surface area contributed by atoms with Gasteiger partial charge in [0.15, 0.2) is 0 Å². The Kier molecular flexibility index (Phi) is 7.69. The molecule has 202 valence electrons. The van der Waals surface area contributed by atoms with Crippen LogP contribution in [0.3, 0.4) is 0 Å². The van der Waals surface area contributed by atoms with Crippen molar-refractivity contribution < 1.29 is 4.74 Å². The molecule has 0 amide bonds. The molecule has 1 saturated carbocycles. The minimum atomic E-state index is 0.520. The lowest BCUT2D eigenvalue weighted by molar-refractivity contribution is 0.420. The summed E-state index contributed by atoms with van der Waals surface area (Å²) in [7, 11) is 1.91. The predicted molar refractivity (Wildman–Crippen MR) is 158 cm³/mol. The van der Waals surface area contributed by atoms with Gasteiger partial charge in [-0.05, 0) is 67.0 Å². The van der Waals surface area contributed by atoms with Crippen molar-refractivity contribution in [2.24, 2.45) is 7.05 Å². The van der Waals surface area contributed by atoms with E-state index in [1.54, 1.807) is 4.68 Å². The van der Waals surface area contributed by atoms with E-state index in [0.29, 0.717) is 17.7 Å². The molecule has 0 spiro atoms. The Morgan fingerprint density at radius 1 is 1.05 bits per heavy atom. The number of hydrogen-bond donors (Lipinski definition) is 2. The molecule has 0 unspecified atom stereocenters. The Balaban J connectivity index is 1.35. The fraction of sp³-hybridized carbons (Fsp3) is 0.367. The molecule has 9 heteroatoms. The number of anilines is 2. The zero-order chi connectivity index (χ0) is 26.6. The van der Waals surface area contributed by atoms with E-state index in [1.807, 2.05) is 31.6 Å². The van der Waals surface area contributed by atoms with Crippen LogP contribution in [0.15, 0.2) is 65.8 Å². The second-order valence-electron chi connectivity index (χ2n) is 10.1. The summed E-state index contributed by atoms with van der Waals surface area (Å²) in [5.41, 5.74) is 5.72. The van der Waals surface area contributed by atoms with Crippen molar-refractivity contribution in [1.29, 1.82) is 0 Å². The van der Waals surface area contributed by atoms with Crippen LogP contribution in [0.1, 0.15) is 43.2 Å². The fourth-order valence-corrected chi connectivity index (χ4v) is 5.84. The molecule has 0 bridgehead atoms. The largest absolute Gasteiger partial charge is 0.439 e. The van der Waals surface area contributed by atoms with Crippen LogP contribution in [-0.2, 0) is 13.5 Å². The summed E-state index contributed by atoms with van der Waals surface area (Å²) in [5, 5.41) is 7.68. The molecule has 0 radical (unpaired) electrons. The number of aromatic nitrogens is 4. The van der Waals surface area contributed by atoms with E-state index in [1.165, 1.54) is 48.0 Å². The van der Waals surface area contributed by atoms with Gasteiger partial charge < -0.3 is 15.0 Å². The molecule has 6 rings (SSSR count). The first-order chi connectivity index (χ1) is 19.2. The van der Waals surface area contributed by atoms with E-state index in [4.69, 9.17) is 14.7 Å². The van der Waals surface area contributed by atoms with E-state index in [9.17, 15) is 0 Å². The maximum atomic E-state index is 6.49. The molecule has 1 aliphatic heterocycles. The zero-order valence-electron chi connectivity index (χ0n) is 22.6. The maximum Gasteiger partial charge on any atom is 0.237 e. The van der Waals surface area contributed by atoms with Gasteiger partial charge in [0.25, 0.3) is 0 Å². The van der Waals surface area contributed by atoms with Gasteiger partial charge in [0.1, 0.15) is 5.75 Å². The van der Waals surface area contributed by atoms with Gasteiger partial charge in [-0.15, -0.1) is 0 Å². The van der Waals surface area contributed by atoms with Crippen molar-refractivity contribution in [2.45, 2.75) is 43.4 Å². The van der Waals surface area contributed by atoms with Crippen molar-refractivity contribution >= 4 is 23.6 Å². The second kappa shape index (κ2) is 11.7. The summed E-state index contributed by atoms with van der Waals surface area (Å²) in [6.07, 6.45) is 8.29. The van der Waals surface area contributed by atoms with E-state index in [2.05, 4.69) is 63.4 Å². The molecule has 2 aliphatic rings. The number of ether oxygens (including phenoxy) is 1. The minimum Gasteiger partial charge on any atom is -0.439 e. The Labute approximate surface area is 234 Å². The molecular formula is C30H35N7OS. The van der Waals surface area contributed by atoms with Gasteiger partial charge in [-0.2, -0.15) is 10.1 Å². The Morgan fingerprint density at radius 3 is 2.54 bits per heavy atom. The van der Waals surface area contributed by atoms with Crippen LogP contribution in [0, 0.1) is 0 Å². The van der Waals surface area contributed by atoms with Gasteiger partial charge >= 0.3 is 0 Å². The molecule has 2 fully saturated rings. The maximum absolute atomic E-state index is 6.49. The van der Waals surface area contributed by atoms with E-state index in [0.717, 1.165) is 54.5 Å². The zero-order valence-corrected chi connectivity index (χ0v) is 23.4. The van der Waals surface area contributed by atoms with E-state index >= 15 is 0 Å². The predicted octanol–water partition coefficient (Wildman–Crippen LogP) is 6.03. The van der Waals surface area contributed by atoms with Gasteiger partial charge in [0, 0.05) is 56.2 Å². The van der Waals surface area contributed by atoms with Crippen molar-refractivity contribution in [2.75, 3.05) is 35.8 Å². The van der Waals surface area contributed by atoms with E-state index in [-0.39, 0.29) is 0 Å². The van der Waals surface area contributed by atoms with Gasteiger partial charge in [-0.1, -0.05) is 37.6 Å². The summed E-state index contributed by atoms with van der Waals surface area (Å²) in [5.74, 6) is 2.47. The van der Waals surface area contributed by atoms with Crippen LogP contribution in [0.25, 0.3) is 11.3 Å². The number of benzene rings is 2. The Bertz CT molecular complexity index is 1410. The molecule has 8 nitrogen and oxygen atoms in total. The van der Waals surface area contributed by atoms with E-state index < -0.39 is 0 Å². The minimum absolute atomic E-state index is 0.520. The van der Waals surface area contributed by atoms with Crippen LogP contribution in [-0.4, -0.2) is 45.9 Å². The number of nitrogens with zero attached hydrogens (tertiary/aromatic N) is 5. The van der Waals surface area contributed by atoms with Gasteiger partial charge in [0.05, 0.1) is 16.8 Å². The summed E-state index contributed by atoms with van der Waals surface area (Å²) >= 11 is 1.45. The number of piperazine rings is 1. The lowest BCUT2D eigenvalue weighted by atomic mass is 9.77. The van der Waals surface area contributed by atoms with Crippen LogP contribution in [0.5, 0.6) is 11.6 Å². The van der Waals surface area contributed by atoms with Crippen molar-refractivity contribution in [3.05, 3.63) is 72.1 Å². The lowest BCUT2D eigenvalue weighted by Gasteiger charge is -2.29. The first-order valence-electron chi connectivity index (χ1n) is 13.8. The fourth-order valence-electron chi connectivity index (χ4n) is 5.24. The number of nitrogens with one attached hydrogen (secondary N) is 2. The number of aryl methyl sites for hydroxylation is 1. The van der Waals surface area contributed by atoms with Crippen molar-refractivity contribution in [3.8, 4) is 22.9 Å². The summed E-state index contributed by atoms with van der Waals surface area (Å²) in [6, 6.07) is 17.0. The molecule has 1 saturated heterocycles. The topological polar surface area (TPSA) is 80.1 Å². The molecule has 2 aromatic heterocycles. The van der Waals surface area contributed by atoms with Gasteiger partial charge in [-0.3, -0.25) is 9.40 Å². The monoisotopic (exact) mass is 541 g/mol.